The van der Waals surface area contributed by atoms with Crippen LogP contribution in [-0.2, 0) is 0 Å². The van der Waals surface area contributed by atoms with Gasteiger partial charge in [0, 0.05) is 0 Å². The molecular formula is C4H5N4S2. The normalized spacial score (nSPS) is 9.70. The van der Waals surface area contributed by atoms with E-state index in [2.05, 4.69) is 15.3 Å². The zero-order valence-corrected chi connectivity index (χ0v) is 6.95. The summed E-state index contributed by atoms with van der Waals surface area (Å²) in [6.07, 6.45) is 0. The largest absolute Gasteiger partial charge is 0.254 e. The quantitative estimate of drug-likeness (QED) is 0.514. The first-order valence-corrected chi connectivity index (χ1v) is 4.48. The monoisotopic (exact) mass is 173 g/mol. The molecule has 0 aliphatic rings. The van der Waals surface area contributed by atoms with Crippen LogP contribution in [-0.4, -0.2) is 16.0 Å². The SMILES string of the molecule is CCSc1nnc(N=[N])s1. The summed E-state index contributed by atoms with van der Waals surface area (Å²) < 4.78 is 0.843. The van der Waals surface area contributed by atoms with E-state index in [1.54, 1.807) is 11.8 Å². The number of aromatic nitrogens is 2. The molecule has 0 fully saturated rings. The van der Waals surface area contributed by atoms with Crippen molar-refractivity contribution in [2.24, 2.45) is 5.11 Å². The number of rotatable bonds is 3. The first-order valence-electron chi connectivity index (χ1n) is 2.68. The molecule has 4 nitrogen and oxygen atoms in total. The number of hydrogen-bond donors (Lipinski definition) is 0. The van der Waals surface area contributed by atoms with Gasteiger partial charge >= 0.3 is 0 Å². The fraction of sp³-hybridized carbons (Fsp3) is 0.500. The van der Waals surface area contributed by atoms with Gasteiger partial charge < -0.3 is 0 Å². The van der Waals surface area contributed by atoms with E-state index in [4.69, 9.17) is 5.53 Å². The third kappa shape index (κ3) is 1.74. The van der Waals surface area contributed by atoms with Gasteiger partial charge in [0.1, 0.15) is 0 Å². The minimum Gasteiger partial charge on any atom is -0.130 e. The second kappa shape index (κ2) is 3.62. The fourth-order valence-corrected chi connectivity index (χ4v) is 1.94. The maximum atomic E-state index is 8.24. The van der Waals surface area contributed by atoms with Gasteiger partial charge in [-0.3, -0.25) is 0 Å². The van der Waals surface area contributed by atoms with Gasteiger partial charge in [-0.05, 0) is 11.3 Å². The standard InChI is InChI=1S/C4H5N4S2/c1-2-9-4-8-7-3(6-5)10-4/h2H2,1H3. The maximum Gasteiger partial charge on any atom is 0.254 e. The van der Waals surface area contributed by atoms with Crippen LogP contribution in [0.25, 0.3) is 0 Å². The van der Waals surface area contributed by atoms with Crippen LogP contribution < -0.4 is 5.53 Å². The molecule has 1 aromatic heterocycles. The van der Waals surface area contributed by atoms with E-state index in [-0.39, 0.29) is 0 Å². The Bertz CT molecular complexity index is 221. The number of hydrogen-bond acceptors (Lipinski definition) is 5. The van der Waals surface area contributed by atoms with Crippen LogP contribution in [0.4, 0.5) is 5.13 Å². The summed E-state index contributed by atoms with van der Waals surface area (Å²) in [6, 6.07) is 0. The molecule has 0 atom stereocenters. The molecule has 0 amide bonds. The van der Waals surface area contributed by atoms with Gasteiger partial charge in [0.05, 0.1) is 0 Å². The highest BCUT2D eigenvalue weighted by Gasteiger charge is 2.00. The minimum atomic E-state index is 0.316. The predicted molar refractivity (Wildman–Crippen MR) is 40.5 cm³/mol. The zero-order valence-electron chi connectivity index (χ0n) is 5.31. The van der Waals surface area contributed by atoms with Gasteiger partial charge in [-0.25, -0.2) is 0 Å². The Labute approximate surface area is 66.6 Å². The van der Waals surface area contributed by atoms with Gasteiger partial charge in [-0.1, -0.05) is 35.1 Å². The summed E-state index contributed by atoms with van der Waals surface area (Å²) in [7, 11) is 0. The summed E-state index contributed by atoms with van der Waals surface area (Å²) in [5.74, 6) is 0.958. The molecule has 0 aliphatic carbocycles. The molecular weight excluding hydrogens is 168 g/mol. The zero-order chi connectivity index (χ0) is 7.40. The van der Waals surface area contributed by atoms with Crippen LogP contribution in [0.15, 0.2) is 9.45 Å². The third-order valence-corrected chi connectivity index (χ3v) is 2.57. The van der Waals surface area contributed by atoms with Gasteiger partial charge in [-0.15, -0.1) is 10.2 Å². The highest BCUT2D eigenvalue weighted by Crippen LogP contribution is 2.25. The Kier molecular flexibility index (Phi) is 2.76. The highest BCUT2D eigenvalue weighted by atomic mass is 32.2. The molecule has 0 spiro atoms. The van der Waals surface area contributed by atoms with Crippen molar-refractivity contribution in [1.82, 2.24) is 15.7 Å². The van der Waals surface area contributed by atoms with Crippen molar-refractivity contribution < 1.29 is 0 Å². The van der Waals surface area contributed by atoms with Crippen LogP contribution >= 0.6 is 23.1 Å². The summed E-state index contributed by atoms with van der Waals surface area (Å²) in [5, 5.41) is 10.6. The summed E-state index contributed by atoms with van der Waals surface area (Å²) in [4.78, 5) is 0. The maximum absolute atomic E-state index is 8.24. The molecule has 0 unspecified atom stereocenters. The molecule has 0 aliphatic heterocycles. The summed E-state index contributed by atoms with van der Waals surface area (Å²) in [5.41, 5.74) is 8.24. The van der Waals surface area contributed by atoms with Crippen molar-refractivity contribution >= 4 is 28.2 Å². The average Bonchev–Trinajstić information content (AvgIpc) is 2.37. The van der Waals surface area contributed by atoms with E-state index in [0.717, 1.165) is 10.1 Å². The Hall–Kier alpha value is -0.490. The van der Waals surface area contributed by atoms with Gasteiger partial charge in [-0.2, -0.15) is 0 Å². The molecule has 0 saturated heterocycles. The van der Waals surface area contributed by atoms with Crippen LogP contribution in [0.3, 0.4) is 0 Å². The van der Waals surface area contributed by atoms with E-state index in [1.165, 1.54) is 11.3 Å². The van der Waals surface area contributed by atoms with Crippen molar-refractivity contribution in [2.75, 3.05) is 5.75 Å². The van der Waals surface area contributed by atoms with Crippen molar-refractivity contribution in [3.63, 3.8) is 0 Å². The second-order valence-electron chi connectivity index (χ2n) is 1.38. The lowest BCUT2D eigenvalue weighted by atomic mass is 11.0. The van der Waals surface area contributed by atoms with Crippen LogP contribution in [0.5, 0.6) is 0 Å². The Morgan fingerprint density at radius 3 is 3.00 bits per heavy atom. The molecule has 1 heterocycles. The average molecular weight is 173 g/mol. The molecule has 1 aromatic rings. The molecule has 1 radical (unpaired) electrons. The fourth-order valence-electron chi connectivity index (χ4n) is 0.425. The Balaban J connectivity index is 2.68. The van der Waals surface area contributed by atoms with Crippen molar-refractivity contribution in [1.29, 1.82) is 0 Å². The lowest BCUT2D eigenvalue weighted by molar-refractivity contribution is 0.998. The first-order chi connectivity index (χ1) is 4.86. The molecule has 1 rings (SSSR count). The summed E-state index contributed by atoms with van der Waals surface area (Å²) >= 11 is 2.87. The van der Waals surface area contributed by atoms with Crippen LogP contribution in [0.1, 0.15) is 6.92 Å². The number of thioether (sulfide) groups is 1. The van der Waals surface area contributed by atoms with Crippen LogP contribution in [0.2, 0.25) is 0 Å². The molecule has 0 N–H and O–H groups in total. The van der Waals surface area contributed by atoms with Gasteiger partial charge in [0.25, 0.3) is 5.13 Å². The molecule has 6 heteroatoms. The molecule has 53 valence electrons. The third-order valence-electron chi connectivity index (χ3n) is 0.749. The molecule has 0 bridgehead atoms. The topological polar surface area (TPSA) is 60.4 Å². The van der Waals surface area contributed by atoms with Gasteiger partial charge in [0.2, 0.25) is 0 Å². The number of nitrogens with zero attached hydrogens (tertiary/aromatic N) is 4. The predicted octanol–water partition coefficient (Wildman–Crippen LogP) is 1.53. The Morgan fingerprint density at radius 1 is 1.70 bits per heavy atom. The summed E-state index contributed by atoms with van der Waals surface area (Å²) in [6.45, 7) is 2.03. The first kappa shape index (κ1) is 7.62. The molecule has 0 aromatic carbocycles. The van der Waals surface area contributed by atoms with Crippen molar-refractivity contribution in [3.05, 3.63) is 0 Å². The van der Waals surface area contributed by atoms with Gasteiger partial charge in [0.15, 0.2) is 4.34 Å². The lowest BCUT2D eigenvalue weighted by Gasteiger charge is -1.82. The van der Waals surface area contributed by atoms with Crippen molar-refractivity contribution in [2.45, 2.75) is 11.3 Å². The van der Waals surface area contributed by atoms with E-state index in [9.17, 15) is 0 Å². The molecule has 0 saturated carbocycles. The second-order valence-corrected chi connectivity index (χ2v) is 3.85. The Morgan fingerprint density at radius 2 is 2.50 bits per heavy atom. The van der Waals surface area contributed by atoms with E-state index < -0.39 is 0 Å². The van der Waals surface area contributed by atoms with E-state index in [0.29, 0.717) is 5.13 Å². The highest BCUT2D eigenvalue weighted by molar-refractivity contribution is 8.01. The van der Waals surface area contributed by atoms with Crippen LogP contribution in [0, 0.1) is 0 Å². The van der Waals surface area contributed by atoms with E-state index in [1.807, 2.05) is 6.92 Å². The minimum absolute atomic E-state index is 0.316. The molecule has 10 heavy (non-hydrogen) atoms. The smallest absolute Gasteiger partial charge is 0.130 e. The lowest BCUT2D eigenvalue weighted by Crippen LogP contribution is -1.69. The van der Waals surface area contributed by atoms with Crippen molar-refractivity contribution in [3.8, 4) is 0 Å². The van der Waals surface area contributed by atoms with E-state index >= 15 is 0 Å².